The van der Waals surface area contributed by atoms with Crippen molar-refractivity contribution in [3.63, 3.8) is 0 Å². The van der Waals surface area contributed by atoms with E-state index in [9.17, 15) is 4.79 Å². The second-order valence-corrected chi connectivity index (χ2v) is 9.37. The van der Waals surface area contributed by atoms with Crippen LogP contribution in [0.5, 0.6) is 5.75 Å². The second kappa shape index (κ2) is 10.0. The van der Waals surface area contributed by atoms with E-state index < -0.39 is 0 Å². The summed E-state index contributed by atoms with van der Waals surface area (Å²) in [6.45, 7) is 0. The minimum Gasteiger partial charge on any atom is -0.496 e. The molecule has 0 spiro atoms. The van der Waals surface area contributed by atoms with E-state index in [0.29, 0.717) is 46.2 Å². The topological polar surface area (TPSA) is 111 Å². The molecule has 1 saturated carbocycles. The molecule has 38 heavy (non-hydrogen) atoms. The normalized spacial score (nSPS) is 17.4. The zero-order valence-corrected chi connectivity index (χ0v) is 20.8. The molecule has 3 heterocycles. The SMILES string of the molecule is COc1ccccc1C(=O)N[C@H]1CCC[C@@H](n2c(-c3ccccc3F)nc3cnc(-c4ncn[nH]4)cc32)C1. The number of carbonyl (C=O) groups excluding carboxylic acids is 1. The number of methoxy groups -OCH3 is 1. The molecule has 2 N–H and O–H groups in total. The van der Waals surface area contributed by atoms with Crippen LogP contribution in [-0.4, -0.2) is 48.8 Å². The number of carbonyl (C=O) groups is 1. The largest absolute Gasteiger partial charge is 0.496 e. The number of pyridine rings is 1. The molecule has 5 aromatic rings. The molecule has 10 heteroatoms. The minimum atomic E-state index is -0.343. The molecule has 192 valence electrons. The van der Waals surface area contributed by atoms with Crippen molar-refractivity contribution < 1.29 is 13.9 Å². The number of hydrogen-bond donors (Lipinski definition) is 2. The fourth-order valence-electron chi connectivity index (χ4n) is 5.28. The highest BCUT2D eigenvalue weighted by Gasteiger charge is 2.29. The van der Waals surface area contributed by atoms with E-state index in [-0.39, 0.29) is 23.8 Å². The number of amides is 1. The van der Waals surface area contributed by atoms with E-state index in [4.69, 9.17) is 9.72 Å². The van der Waals surface area contributed by atoms with Crippen molar-refractivity contribution in [2.75, 3.05) is 7.11 Å². The smallest absolute Gasteiger partial charge is 0.255 e. The van der Waals surface area contributed by atoms with Crippen molar-refractivity contribution in [1.82, 2.24) is 35.0 Å². The molecule has 9 nitrogen and oxygen atoms in total. The summed E-state index contributed by atoms with van der Waals surface area (Å²) in [5.41, 5.74) is 3.02. The average Bonchev–Trinajstić information content (AvgIpc) is 3.61. The first-order valence-electron chi connectivity index (χ1n) is 12.5. The van der Waals surface area contributed by atoms with Crippen LogP contribution in [0.15, 0.2) is 67.1 Å². The third-order valence-corrected chi connectivity index (χ3v) is 7.05. The van der Waals surface area contributed by atoms with Crippen LogP contribution in [0.4, 0.5) is 4.39 Å². The maximum atomic E-state index is 15.0. The van der Waals surface area contributed by atoms with Crippen molar-refractivity contribution in [3.8, 4) is 28.7 Å². The van der Waals surface area contributed by atoms with Gasteiger partial charge >= 0.3 is 0 Å². The zero-order chi connectivity index (χ0) is 26.1. The number of ether oxygens (including phenoxy) is 1. The Morgan fingerprint density at radius 2 is 1.97 bits per heavy atom. The van der Waals surface area contributed by atoms with E-state index in [1.165, 1.54) is 12.4 Å². The third-order valence-electron chi connectivity index (χ3n) is 7.05. The summed E-state index contributed by atoms with van der Waals surface area (Å²) >= 11 is 0. The van der Waals surface area contributed by atoms with Gasteiger partial charge in [-0.05, 0) is 56.0 Å². The molecule has 0 radical (unpaired) electrons. The molecule has 2 atom stereocenters. The number of rotatable bonds is 6. The van der Waals surface area contributed by atoms with Crippen LogP contribution in [0, 0.1) is 5.82 Å². The Kier molecular flexibility index (Phi) is 6.28. The monoisotopic (exact) mass is 511 g/mol. The number of nitrogens with zero attached hydrogens (tertiary/aromatic N) is 5. The summed E-state index contributed by atoms with van der Waals surface area (Å²) in [4.78, 5) is 26.7. The van der Waals surface area contributed by atoms with Crippen molar-refractivity contribution in [2.24, 2.45) is 0 Å². The van der Waals surface area contributed by atoms with E-state index in [1.54, 1.807) is 43.6 Å². The van der Waals surface area contributed by atoms with Gasteiger partial charge in [0.05, 0.1) is 30.0 Å². The molecule has 0 aliphatic heterocycles. The van der Waals surface area contributed by atoms with Crippen LogP contribution in [0.1, 0.15) is 42.1 Å². The van der Waals surface area contributed by atoms with Gasteiger partial charge < -0.3 is 14.6 Å². The predicted molar refractivity (Wildman–Crippen MR) is 140 cm³/mol. The molecular weight excluding hydrogens is 485 g/mol. The van der Waals surface area contributed by atoms with Crippen molar-refractivity contribution in [3.05, 3.63) is 78.5 Å². The summed E-state index contributed by atoms with van der Waals surface area (Å²) in [6.07, 6.45) is 6.40. The third kappa shape index (κ3) is 4.38. The Hall–Kier alpha value is -4.60. The molecule has 3 aromatic heterocycles. The Labute approximate surface area is 218 Å². The molecular formula is C28H26FN7O2. The number of H-pyrrole nitrogens is 1. The van der Waals surface area contributed by atoms with Gasteiger partial charge in [-0.1, -0.05) is 24.3 Å². The minimum absolute atomic E-state index is 0.0173. The van der Waals surface area contributed by atoms with E-state index in [1.807, 2.05) is 18.2 Å². The maximum Gasteiger partial charge on any atom is 0.255 e. The second-order valence-electron chi connectivity index (χ2n) is 9.37. The predicted octanol–water partition coefficient (Wildman–Crippen LogP) is 4.94. The highest BCUT2D eigenvalue weighted by atomic mass is 19.1. The fraction of sp³-hybridized carbons (Fsp3) is 0.250. The lowest BCUT2D eigenvalue weighted by Gasteiger charge is -2.32. The Balaban J connectivity index is 1.38. The first-order chi connectivity index (χ1) is 18.6. The first kappa shape index (κ1) is 23.8. The van der Waals surface area contributed by atoms with Crippen LogP contribution in [0.2, 0.25) is 0 Å². The lowest BCUT2D eigenvalue weighted by molar-refractivity contribution is 0.0918. The summed E-state index contributed by atoms with van der Waals surface area (Å²) in [5, 5.41) is 9.97. The van der Waals surface area contributed by atoms with Crippen molar-refractivity contribution >= 4 is 16.9 Å². The number of aromatic nitrogens is 6. The molecule has 2 aromatic carbocycles. The van der Waals surface area contributed by atoms with Gasteiger partial charge in [0.15, 0.2) is 5.82 Å². The molecule has 1 fully saturated rings. The van der Waals surface area contributed by atoms with E-state index >= 15 is 4.39 Å². The van der Waals surface area contributed by atoms with Crippen molar-refractivity contribution in [1.29, 1.82) is 0 Å². The molecule has 0 unspecified atom stereocenters. The van der Waals surface area contributed by atoms with E-state index in [0.717, 1.165) is 24.8 Å². The van der Waals surface area contributed by atoms with Crippen LogP contribution in [0.3, 0.4) is 0 Å². The van der Waals surface area contributed by atoms with Crippen molar-refractivity contribution in [2.45, 2.75) is 37.8 Å². The van der Waals surface area contributed by atoms with Crippen LogP contribution >= 0.6 is 0 Å². The molecule has 0 saturated heterocycles. The molecule has 0 bridgehead atoms. The fourth-order valence-corrected chi connectivity index (χ4v) is 5.28. The van der Waals surface area contributed by atoms with Gasteiger partial charge in [-0.3, -0.25) is 14.9 Å². The number of halogens is 1. The Morgan fingerprint density at radius 1 is 1.13 bits per heavy atom. The molecule has 6 rings (SSSR count). The lowest BCUT2D eigenvalue weighted by atomic mass is 9.90. The maximum absolute atomic E-state index is 15.0. The quantitative estimate of drug-likeness (QED) is 0.334. The highest BCUT2D eigenvalue weighted by molar-refractivity contribution is 5.97. The number of fused-ring (bicyclic) bond motifs is 1. The number of benzene rings is 2. The van der Waals surface area contributed by atoms with Gasteiger partial charge in [-0.15, -0.1) is 0 Å². The zero-order valence-electron chi connectivity index (χ0n) is 20.8. The van der Waals surface area contributed by atoms with Gasteiger partial charge in [-0.2, -0.15) is 5.10 Å². The Morgan fingerprint density at radius 3 is 2.79 bits per heavy atom. The number of imidazole rings is 1. The van der Waals surface area contributed by atoms with Gasteiger partial charge in [-0.25, -0.2) is 14.4 Å². The molecule has 1 aliphatic carbocycles. The van der Waals surface area contributed by atoms with Gasteiger partial charge in [0, 0.05) is 12.1 Å². The average molecular weight is 512 g/mol. The van der Waals surface area contributed by atoms with Gasteiger partial charge in [0.1, 0.15) is 34.9 Å². The number of hydrogen-bond acceptors (Lipinski definition) is 6. The highest BCUT2D eigenvalue weighted by Crippen LogP contribution is 2.37. The summed E-state index contributed by atoms with van der Waals surface area (Å²) in [5.74, 6) is 1.10. The standard InChI is InChI=1S/C28H26FN7O2/c1-38-25-12-5-3-10-20(25)28(37)33-17-7-6-8-18(13-17)36-24-14-22(26-31-16-32-35-26)30-15-23(24)34-27(36)19-9-2-4-11-21(19)29/h2-5,9-12,14-18H,6-8,13H2,1H3,(H,33,37)(H,31,32,35)/t17-,18+/m0/s1. The molecule has 1 aliphatic rings. The number of para-hydroxylation sites is 1. The summed E-state index contributed by atoms with van der Waals surface area (Å²) in [6, 6.07) is 15.7. The number of aromatic amines is 1. The van der Waals surface area contributed by atoms with Crippen LogP contribution in [-0.2, 0) is 0 Å². The first-order valence-corrected chi connectivity index (χ1v) is 12.5. The summed E-state index contributed by atoms with van der Waals surface area (Å²) < 4.78 is 22.5. The Bertz CT molecular complexity index is 1600. The van der Waals surface area contributed by atoms with Gasteiger partial charge in [0.25, 0.3) is 5.91 Å². The van der Waals surface area contributed by atoms with Crippen LogP contribution < -0.4 is 10.1 Å². The van der Waals surface area contributed by atoms with E-state index in [2.05, 4.69) is 30.0 Å². The summed E-state index contributed by atoms with van der Waals surface area (Å²) in [7, 11) is 1.55. The molecule has 1 amide bonds. The van der Waals surface area contributed by atoms with Gasteiger partial charge in [0.2, 0.25) is 0 Å². The lowest BCUT2D eigenvalue weighted by Crippen LogP contribution is -2.39. The number of nitrogens with one attached hydrogen (secondary N) is 2. The van der Waals surface area contributed by atoms with Crippen LogP contribution in [0.25, 0.3) is 33.9 Å².